The Bertz CT molecular complexity index is 548. The number of aromatic nitrogens is 3. The highest BCUT2D eigenvalue weighted by Gasteiger charge is 2.33. The lowest BCUT2D eigenvalue weighted by Gasteiger charge is -2.23. The molecule has 3 heterocycles. The van der Waals surface area contributed by atoms with Crippen LogP contribution in [-0.2, 0) is 0 Å². The van der Waals surface area contributed by atoms with E-state index in [2.05, 4.69) is 15.2 Å². The molecule has 0 aromatic carbocycles. The number of likely N-dealkylation sites (tertiary alicyclic amines) is 1. The van der Waals surface area contributed by atoms with Crippen molar-refractivity contribution >= 4 is 17.2 Å². The minimum Gasteiger partial charge on any atom is -0.329 e. The van der Waals surface area contributed by atoms with Crippen LogP contribution in [0.5, 0.6) is 0 Å². The molecule has 1 N–H and O–H groups in total. The first-order chi connectivity index (χ1) is 8.77. The molecule has 0 saturated carbocycles. The van der Waals surface area contributed by atoms with Crippen molar-refractivity contribution in [2.45, 2.75) is 25.8 Å². The van der Waals surface area contributed by atoms with Gasteiger partial charge in [0.15, 0.2) is 0 Å². The maximum Gasteiger partial charge on any atom is 0.273 e. The lowest BCUT2D eigenvalue weighted by Crippen LogP contribution is -2.31. The number of carbonyl (C=O) groups excluding carboxylic acids is 1. The van der Waals surface area contributed by atoms with Crippen molar-refractivity contribution < 1.29 is 4.79 Å². The number of rotatable bonds is 2. The zero-order valence-corrected chi connectivity index (χ0v) is 10.9. The van der Waals surface area contributed by atoms with Crippen molar-refractivity contribution in [3.8, 4) is 0 Å². The fourth-order valence-electron chi connectivity index (χ4n) is 2.47. The van der Waals surface area contributed by atoms with Crippen LogP contribution in [0.25, 0.3) is 0 Å². The minimum atomic E-state index is 0.0211. The maximum absolute atomic E-state index is 12.4. The van der Waals surface area contributed by atoms with Crippen molar-refractivity contribution in [1.82, 2.24) is 20.1 Å². The number of hydrogen-bond donors (Lipinski definition) is 1. The van der Waals surface area contributed by atoms with E-state index in [4.69, 9.17) is 0 Å². The third-order valence-electron chi connectivity index (χ3n) is 3.37. The monoisotopic (exact) mass is 262 g/mol. The van der Waals surface area contributed by atoms with Crippen LogP contribution in [0.3, 0.4) is 0 Å². The summed E-state index contributed by atoms with van der Waals surface area (Å²) in [6.07, 6.45) is 3.82. The number of carbonyl (C=O) groups is 1. The molecular formula is C12H14N4OS. The van der Waals surface area contributed by atoms with Gasteiger partial charge in [0.05, 0.1) is 23.4 Å². The van der Waals surface area contributed by atoms with Crippen LogP contribution in [-0.4, -0.2) is 32.5 Å². The van der Waals surface area contributed by atoms with E-state index in [-0.39, 0.29) is 11.9 Å². The van der Waals surface area contributed by atoms with Gasteiger partial charge in [0, 0.05) is 11.9 Å². The van der Waals surface area contributed by atoms with Crippen LogP contribution in [0.2, 0.25) is 0 Å². The average molecular weight is 262 g/mol. The Balaban J connectivity index is 1.88. The number of H-pyrrole nitrogens is 1. The first kappa shape index (κ1) is 11.4. The van der Waals surface area contributed by atoms with Gasteiger partial charge in [0.2, 0.25) is 0 Å². The van der Waals surface area contributed by atoms with Crippen LogP contribution < -0.4 is 0 Å². The molecular weight excluding hydrogens is 248 g/mol. The summed E-state index contributed by atoms with van der Waals surface area (Å²) in [6.45, 7) is 2.81. The topological polar surface area (TPSA) is 61.9 Å². The van der Waals surface area contributed by atoms with Crippen LogP contribution >= 0.6 is 11.3 Å². The molecule has 3 rings (SSSR count). The highest BCUT2D eigenvalue weighted by molar-refractivity contribution is 7.07. The summed E-state index contributed by atoms with van der Waals surface area (Å²) >= 11 is 1.45. The molecule has 1 aliphatic rings. The first-order valence-corrected chi connectivity index (χ1v) is 6.90. The van der Waals surface area contributed by atoms with E-state index in [1.54, 1.807) is 17.1 Å². The second-order valence-corrected chi connectivity index (χ2v) is 5.22. The standard InChI is InChI=1S/C12H14N4OS/c1-8-5-14-15-11(8)10-3-2-4-16(10)12(17)9-6-18-7-13-9/h5-7,10H,2-4H2,1H3,(H,14,15)/t10-/m1/s1. The molecule has 18 heavy (non-hydrogen) atoms. The second kappa shape index (κ2) is 4.53. The third-order valence-corrected chi connectivity index (χ3v) is 3.95. The summed E-state index contributed by atoms with van der Waals surface area (Å²) in [5.74, 6) is 0.0211. The normalized spacial score (nSPS) is 19.4. The summed E-state index contributed by atoms with van der Waals surface area (Å²) < 4.78 is 0. The van der Waals surface area contributed by atoms with Crippen LogP contribution in [0, 0.1) is 6.92 Å². The second-order valence-electron chi connectivity index (χ2n) is 4.50. The molecule has 1 amide bonds. The number of amides is 1. The Kier molecular flexibility index (Phi) is 2.87. The summed E-state index contributed by atoms with van der Waals surface area (Å²) in [6, 6.07) is 0.113. The molecule has 0 spiro atoms. The third kappa shape index (κ3) is 1.82. The number of aryl methyl sites for hydroxylation is 1. The highest BCUT2D eigenvalue weighted by Crippen LogP contribution is 2.33. The Morgan fingerprint density at radius 2 is 2.50 bits per heavy atom. The molecule has 2 aromatic rings. The van der Waals surface area contributed by atoms with E-state index in [1.165, 1.54) is 11.3 Å². The highest BCUT2D eigenvalue weighted by atomic mass is 32.1. The first-order valence-electron chi connectivity index (χ1n) is 5.96. The van der Waals surface area contributed by atoms with E-state index in [9.17, 15) is 4.79 Å². The van der Waals surface area contributed by atoms with E-state index in [0.29, 0.717) is 5.69 Å². The molecule has 0 aliphatic carbocycles. The number of nitrogens with zero attached hydrogens (tertiary/aromatic N) is 3. The van der Waals surface area contributed by atoms with Gasteiger partial charge in [-0.25, -0.2) is 4.98 Å². The van der Waals surface area contributed by atoms with Gasteiger partial charge in [-0.1, -0.05) is 0 Å². The summed E-state index contributed by atoms with van der Waals surface area (Å²) in [5.41, 5.74) is 4.40. The SMILES string of the molecule is Cc1cn[nH]c1[C@H]1CCCN1C(=O)c1cscn1. The molecule has 5 nitrogen and oxygen atoms in total. The number of aromatic amines is 1. The summed E-state index contributed by atoms with van der Waals surface area (Å²) in [5, 5.41) is 8.87. The van der Waals surface area contributed by atoms with Crippen LogP contribution in [0.1, 0.15) is 40.6 Å². The Hall–Kier alpha value is -1.69. The van der Waals surface area contributed by atoms with Gasteiger partial charge in [-0.2, -0.15) is 5.10 Å². The van der Waals surface area contributed by atoms with Gasteiger partial charge in [-0.05, 0) is 25.3 Å². The van der Waals surface area contributed by atoms with Gasteiger partial charge in [0.25, 0.3) is 5.91 Å². The quantitative estimate of drug-likeness (QED) is 0.902. The van der Waals surface area contributed by atoms with Crippen LogP contribution in [0.4, 0.5) is 0 Å². The maximum atomic E-state index is 12.4. The van der Waals surface area contributed by atoms with E-state index < -0.39 is 0 Å². The molecule has 1 saturated heterocycles. The van der Waals surface area contributed by atoms with E-state index in [0.717, 1.165) is 30.6 Å². The number of thiazole rings is 1. The summed E-state index contributed by atoms with van der Waals surface area (Å²) in [7, 11) is 0. The average Bonchev–Trinajstić information content (AvgIpc) is 3.09. The molecule has 6 heteroatoms. The predicted octanol–water partition coefficient (Wildman–Crippen LogP) is 2.15. The molecule has 0 radical (unpaired) electrons. The molecule has 1 aliphatic heterocycles. The van der Waals surface area contributed by atoms with E-state index >= 15 is 0 Å². The van der Waals surface area contributed by atoms with Gasteiger partial charge >= 0.3 is 0 Å². The Labute approximate surface area is 109 Å². The van der Waals surface area contributed by atoms with Crippen molar-refractivity contribution in [3.05, 3.63) is 34.0 Å². The van der Waals surface area contributed by atoms with Gasteiger partial charge in [-0.15, -0.1) is 11.3 Å². The Morgan fingerprint density at radius 1 is 1.61 bits per heavy atom. The van der Waals surface area contributed by atoms with Crippen molar-refractivity contribution in [3.63, 3.8) is 0 Å². The number of nitrogens with one attached hydrogen (secondary N) is 1. The molecule has 94 valence electrons. The molecule has 1 atom stereocenters. The van der Waals surface area contributed by atoms with Crippen LogP contribution in [0.15, 0.2) is 17.1 Å². The largest absolute Gasteiger partial charge is 0.329 e. The molecule has 1 fully saturated rings. The minimum absolute atomic E-state index is 0.0211. The Morgan fingerprint density at radius 3 is 3.17 bits per heavy atom. The summed E-state index contributed by atoms with van der Waals surface area (Å²) in [4.78, 5) is 18.4. The lowest BCUT2D eigenvalue weighted by atomic mass is 10.1. The smallest absolute Gasteiger partial charge is 0.273 e. The molecule has 0 unspecified atom stereocenters. The fraction of sp³-hybridized carbons (Fsp3) is 0.417. The molecule has 0 bridgehead atoms. The predicted molar refractivity (Wildman–Crippen MR) is 68.5 cm³/mol. The van der Waals surface area contributed by atoms with Crippen molar-refractivity contribution in [2.24, 2.45) is 0 Å². The number of hydrogen-bond acceptors (Lipinski definition) is 4. The van der Waals surface area contributed by atoms with Crippen molar-refractivity contribution in [2.75, 3.05) is 6.54 Å². The van der Waals surface area contributed by atoms with E-state index in [1.807, 2.05) is 11.8 Å². The zero-order chi connectivity index (χ0) is 12.5. The zero-order valence-electron chi connectivity index (χ0n) is 10.1. The van der Waals surface area contributed by atoms with Gasteiger partial charge in [-0.3, -0.25) is 9.89 Å². The fourth-order valence-corrected chi connectivity index (χ4v) is 2.99. The molecule has 2 aromatic heterocycles. The van der Waals surface area contributed by atoms with Gasteiger partial charge in [0.1, 0.15) is 5.69 Å². The lowest BCUT2D eigenvalue weighted by molar-refractivity contribution is 0.0727. The van der Waals surface area contributed by atoms with Crippen molar-refractivity contribution in [1.29, 1.82) is 0 Å². The van der Waals surface area contributed by atoms with Gasteiger partial charge < -0.3 is 4.90 Å².